The topological polar surface area (TPSA) is 81.7 Å². The molecule has 1 amide bonds. The van der Waals surface area contributed by atoms with Crippen molar-refractivity contribution in [2.75, 3.05) is 17.3 Å². The molecule has 7 heteroatoms. The van der Waals surface area contributed by atoms with Crippen LogP contribution in [0, 0.1) is 0 Å². The Kier molecular flexibility index (Phi) is 6.14. The maximum atomic E-state index is 12.0. The van der Waals surface area contributed by atoms with Crippen molar-refractivity contribution in [1.29, 1.82) is 0 Å². The number of amides is 1. The first-order valence-corrected chi connectivity index (χ1v) is 9.76. The molecule has 0 spiro atoms. The van der Waals surface area contributed by atoms with Gasteiger partial charge in [0.05, 0.1) is 11.7 Å². The van der Waals surface area contributed by atoms with E-state index >= 15 is 0 Å². The Morgan fingerprint density at radius 2 is 2.12 bits per heavy atom. The molecule has 6 nitrogen and oxygen atoms in total. The lowest BCUT2D eigenvalue weighted by molar-refractivity contribution is -0.117. The highest BCUT2D eigenvalue weighted by molar-refractivity contribution is 7.98. The highest BCUT2D eigenvalue weighted by Crippen LogP contribution is 2.17. The number of hydrogen-bond acceptors (Lipinski definition) is 5. The smallest absolute Gasteiger partial charge is 0.241 e. The van der Waals surface area contributed by atoms with E-state index in [4.69, 9.17) is 10.5 Å². The van der Waals surface area contributed by atoms with Crippen molar-refractivity contribution in [3.8, 4) is 5.75 Å². The molecule has 2 aromatic heterocycles. The van der Waals surface area contributed by atoms with E-state index in [1.165, 1.54) is 0 Å². The summed E-state index contributed by atoms with van der Waals surface area (Å²) in [4.78, 5) is 16.5. The fourth-order valence-electron chi connectivity index (χ4n) is 2.46. The molecule has 1 aromatic carbocycles. The Morgan fingerprint density at radius 3 is 2.85 bits per heavy atom. The number of nitrogens with two attached hydrogens (primary N) is 1. The number of hydrogen-bond donors (Lipinski definition) is 2. The third-order valence-corrected chi connectivity index (χ3v) is 4.54. The van der Waals surface area contributed by atoms with Crippen molar-refractivity contribution in [3.05, 3.63) is 60.6 Å². The van der Waals surface area contributed by atoms with Crippen molar-refractivity contribution < 1.29 is 9.53 Å². The van der Waals surface area contributed by atoms with Crippen molar-refractivity contribution in [1.82, 2.24) is 9.38 Å². The molecule has 0 unspecified atom stereocenters. The fourth-order valence-corrected chi connectivity index (χ4v) is 2.95. The van der Waals surface area contributed by atoms with Crippen LogP contribution in [0.3, 0.4) is 0 Å². The first-order chi connectivity index (χ1) is 12.7. The third kappa shape index (κ3) is 4.77. The van der Waals surface area contributed by atoms with E-state index in [1.807, 2.05) is 53.4 Å². The van der Waals surface area contributed by atoms with Gasteiger partial charge in [-0.3, -0.25) is 4.79 Å². The van der Waals surface area contributed by atoms with Crippen LogP contribution in [-0.2, 0) is 11.4 Å². The number of fused-ring (bicyclic) bond motifs is 1. The molecule has 0 aliphatic rings. The number of carbonyl (C=O) groups is 1. The molecule has 1 atom stereocenters. The number of pyridine rings is 1. The Balaban J connectivity index is 1.53. The largest absolute Gasteiger partial charge is 0.487 e. The molecule has 0 aliphatic carbocycles. The number of nitrogens with one attached hydrogen (secondary N) is 1. The molecule has 0 saturated carbocycles. The van der Waals surface area contributed by atoms with Crippen LogP contribution < -0.4 is 15.8 Å². The quantitative estimate of drug-likeness (QED) is 0.637. The summed E-state index contributed by atoms with van der Waals surface area (Å²) in [7, 11) is 0. The van der Waals surface area contributed by atoms with Gasteiger partial charge >= 0.3 is 0 Å². The van der Waals surface area contributed by atoms with Crippen LogP contribution in [-0.4, -0.2) is 33.3 Å². The first-order valence-electron chi connectivity index (χ1n) is 8.36. The van der Waals surface area contributed by atoms with Crippen LogP contribution in [0.15, 0.2) is 54.9 Å². The predicted octanol–water partition coefficient (Wildman–Crippen LogP) is 2.93. The molecule has 0 radical (unpaired) electrons. The van der Waals surface area contributed by atoms with Gasteiger partial charge in [0.1, 0.15) is 18.0 Å². The Labute approximate surface area is 156 Å². The molecule has 0 bridgehead atoms. The highest BCUT2D eigenvalue weighted by atomic mass is 32.2. The molecule has 2 heterocycles. The summed E-state index contributed by atoms with van der Waals surface area (Å²) < 4.78 is 7.72. The van der Waals surface area contributed by atoms with Gasteiger partial charge in [-0.15, -0.1) is 0 Å². The maximum absolute atomic E-state index is 12.0. The molecular formula is C19H22N4O2S. The summed E-state index contributed by atoms with van der Waals surface area (Å²) in [5.74, 6) is 1.41. The molecule has 136 valence electrons. The summed E-state index contributed by atoms with van der Waals surface area (Å²) in [5.41, 5.74) is 8.32. The van der Waals surface area contributed by atoms with E-state index in [2.05, 4.69) is 10.3 Å². The van der Waals surface area contributed by atoms with E-state index in [9.17, 15) is 4.79 Å². The number of ether oxygens (including phenoxy) is 1. The molecule has 3 aromatic rings. The summed E-state index contributed by atoms with van der Waals surface area (Å²) >= 11 is 1.68. The average Bonchev–Trinajstić information content (AvgIpc) is 3.08. The van der Waals surface area contributed by atoms with Crippen molar-refractivity contribution >= 4 is 29.0 Å². The van der Waals surface area contributed by atoms with Crippen LogP contribution in [0.1, 0.15) is 12.1 Å². The summed E-state index contributed by atoms with van der Waals surface area (Å²) in [6.45, 7) is 0.382. The van der Waals surface area contributed by atoms with Crippen LogP contribution in [0.5, 0.6) is 5.75 Å². The molecule has 0 aliphatic heterocycles. The number of thioether (sulfide) groups is 1. The van der Waals surface area contributed by atoms with Crippen LogP contribution in [0.4, 0.5) is 5.69 Å². The summed E-state index contributed by atoms with van der Waals surface area (Å²) in [5, 5.41) is 2.82. The number of carbonyl (C=O) groups excluding carboxylic acids is 1. The summed E-state index contributed by atoms with van der Waals surface area (Å²) in [6, 6.07) is 12.6. The normalized spacial score (nSPS) is 12.1. The molecule has 3 N–H and O–H groups in total. The number of imidazole rings is 1. The third-order valence-electron chi connectivity index (χ3n) is 3.89. The highest BCUT2D eigenvalue weighted by Gasteiger charge is 2.13. The van der Waals surface area contributed by atoms with E-state index in [0.29, 0.717) is 24.5 Å². The van der Waals surface area contributed by atoms with E-state index in [0.717, 1.165) is 17.1 Å². The minimum Gasteiger partial charge on any atom is -0.487 e. The predicted molar refractivity (Wildman–Crippen MR) is 106 cm³/mol. The lowest BCUT2D eigenvalue weighted by Crippen LogP contribution is -2.36. The number of anilines is 1. The van der Waals surface area contributed by atoms with Crippen LogP contribution >= 0.6 is 11.8 Å². The molecule has 26 heavy (non-hydrogen) atoms. The van der Waals surface area contributed by atoms with E-state index in [1.54, 1.807) is 23.9 Å². The number of rotatable bonds is 8. The van der Waals surface area contributed by atoms with Gasteiger partial charge in [-0.05, 0) is 54.8 Å². The van der Waals surface area contributed by atoms with Gasteiger partial charge in [0.2, 0.25) is 5.91 Å². The molecular weight excluding hydrogens is 348 g/mol. The Morgan fingerprint density at radius 1 is 1.31 bits per heavy atom. The second-order valence-electron chi connectivity index (χ2n) is 5.89. The van der Waals surface area contributed by atoms with Gasteiger partial charge in [0.25, 0.3) is 0 Å². The van der Waals surface area contributed by atoms with Crippen molar-refractivity contribution in [3.63, 3.8) is 0 Å². The Bertz CT molecular complexity index is 830. The zero-order chi connectivity index (χ0) is 18.4. The standard InChI is InChI=1S/C19H22N4O2S/c1-26-11-9-17(20)19(24)22-14-5-7-16(8-6-14)25-13-15-12-23-10-3-2-4-18(23)21-15/h2-8,10,12,17H,9,11,13,20H2,1H3,(H,22,24)/t17-/m0/s1. The SMILES string of the molecule is CSCC[C@H](N)C(=O)Nc1ccc(OCc2cn3ccccc3n2)cc1. The summed E-state index contributed by atoms with van der Waals surface area (Å²) in [6.07, 6.45) is 6.55. The number of aromatic nitrogens is 2. The van der Waals surface area contributed by atoms with Gasteiger partial charge in [-0.2, -0.15) is 11.8 Å². The lowest BCUT2D eigenvalue weighted by atomic mass is 10.2. The number of benzene rings is 1. The molecule has 0 fully saturated rings. The average molecular weight is 370 g/mol. The van der Waals surface area contributed by atoms with Gasteiger partial charge in [-0.1, -0.05) is 6.07 Å². The minimum absolute atomic E-state index is 0.169. The van der Waals surface area contributed by atoms with Gasteiger partial charge in [-0.25, -0.2) is 4.98 Å². The van der Waals surface area contributed by atoms with E-state index < -0.39 is 6.04 Å². The Hall–Kier alpha value is -2.51. The van der Waals surface area contributed by atoms with Gasteiger partial charge in [0.15, 0.2) is 0 Å². The zero-order valence-electron chi connectivity index (χ0n) is 14.6. The second kappa shape index (κ2) is 8.73. The lowest BCUT2D eigenvalue weighted by Gasteiger charge is -2.12. The second-order valence-corrected chi connectivity index (χ2v) is 6.87. The van der Waals surface area contributed by atoms with Crippen LogP contribution in [0.25, 0.3) is 5.65 Å². The van der Waals surface area contributed by atoms with Crippen molar-refractivity contribution in [2.24, 2.45) is 5.73 Å². The van der Waals surface area contributed by atoms with Gasteiger partial charge in [0, 0.05) is 18.1 Å². The van der Waals surface area contributed by atoms with E-state index in [-0.39, 0.29) is 5.91 Å². The fraction of sp³-hybridized carbons (Fsp3) is 0.263. The first kappa shape index (κ1) is 18.3. The molecule has 3 rings (SSSR count). The number of nitrogens with zero attached hydrogens (tertiary/aromatic N) is 2. The monoisotopic (exact) mass is 370 g/mol. The van der Waals surface area contributed by atoms with Crippen LogP contribution in [0.2, 0.25) is 0 Å². The zero-order valence-corrected chi connectivity index (χ0v) is 15.4. The van der Waals surface area contributed by atoms with Gasteiger partial charge < -0.3 is 20.2 Å². The minimum atomic E-state index is -0.492. The molecule has 0 saturated heterocycles. The maximum Gasteiger partial charge on any atom is 0.241 e. The van der Waals surface area contributed by atoms with Crippen molar-refractivity contribution in [2.45, 2.75) is 19.1 Å².